The molecule has 0 fully saturated rings. The second kappa shape index (κ2) is 3.68. The number of nitrogens with two attached hydrogens (primary N) is 1. The maximum absolute atomic E-state index is 5.44. The van der Waals surface area contributed by atoms with Crippen LogP contribution in [0, 0.1) is 5.41 Å². The molecule has 0 bridgehead atoms. The Labute approximate surface area is 73.9 Å². The lowest BCUT2D eigenvalue weighted by molar-refractivity contribution is 0.626. The van der Waals surface area contributed by atoms with Crippen LogP contribution in [0.4, 0.5) is 0 Å². The molecule has 0 aromatic rings. The molecule has 0 saturated carbocycles. The maximum Gasteiger partial charge on any atom is 0.0413 e. The predicted molar refractivity (Wildman–Crippen MR) is 53.2 cm³/mol. The average molecular weight is 164 g/mol. The summed E-state index contributed by atoms with van der Waals surface area (Å²) in [6.07, 6.45) is 9.03. The highest BCUT2D eigenvalue weighted by Crippen LogP contribution is 2.20. The van der Waals surface area contributed by atoms with Gasteiger partial charge in [-0.15, -0.1) is 0 Å². The van der Waals surface area contributed by atoms with Crippen molar-refractivity contribution in [1.29, 1.82) is 0 Å². The Morgan fingerprint density at radius 1 is 1.42 bits per heavy atom. The number of nitrogens with zero attached hydrogens (tertiary/aromatic N) is 1. The maximum atomic E-state index is 5.44. The van der Waals surface area contributed by atoms with E-state index in [-0.39, 0.29) is 5.41 Å². The summed E-state index contributed by atoms with van der Waals surface area (Å²) in [6.45, 7) is 4.97. The Hall–Kier alpha value is -0.890. The Morgan fingerprint density at radius 3 is 2.83 bits per heavy atom. The van der Waals surface area contributed by atoms with Gasteiger partial charge in [0.1, 0.15) is 0 Å². The average Bonchev–Trinajstić information content (AvgIpc) is 2.14. The first-order valence-corrected chi connectivity index (χ1v) is 4.28. The normalized spacial score (nSPS) is 20.4. The van der Waals surface area contributed by atoms with Crippen LogP contribution in [0.2, 0.25) is 0 Å². The van der Waals surface area contributed by atoms with Crippen molar-refractivity contribution in [1.82, 2.24) is 0 Å². The molecule has 0 spiro atoms. The minimum atomic E-state index is 0.125. The van der Waals surface area contributed by atoms with Gasteiger partial charge in [-0.2, -0.15) is 0 Å². The third-order valence-electron chi connectivity index (χ3n) is 1.85. The number of hydrogen-bond acceptors (Lipinski definition) is 2. The van der Waals surface area contributed by atoms with Gasteiger partial charge in [0.25, 0.3) is 0 Å². The molecule has 0 aromatic carbocycles. The predicted octanol–water partition coefficient (Wildman–Crippen LogP) is 1.89. The molecular weight excluding hydrogens is 148 g/mol. The van der Waals surface area contributed by atoms with Gasteiger partial charge in [-0.3, -0.25) is 4.99 Å². The van der Waals surface area contributed by atoms with Crippen LogP contribution in [0.3, 0.4) is 0 Å². The fourth-order valence-corrected chi connectivity index (χ4v) is 1.03. The highest BCUT2D eigenvalue weighted by atomic mass is 14.7. The van der Waals surface area contributed by atoms with Crippen LogP contribution in [-0.2, 0) is 0 Å². The number of aliphatic imine (C=N–C) groups is 1. The molecule has 1 aliphatic rings. The van der Waals surface area contributed by atoms with Crippen LogP contribution >= 0.6 is 0 Å². The molecule has 66 valence electrons. The summed E-state index contributed by atoms with van der Waals surface area (Å²) >= 11 is 0. The van der Waals surface area contributed by atoms with Gasteiger partial charge >= 0.3 is 0 Å². The molecule has 0 aliphatic carbocycles. The van der Waals surface area contributed by atoms with Crippen LogP contribution in [0.1, 0.15) is 20.3 Å². The highest BCUT2D eigenvalue weighted by molar-refractivity contribution is 5.95. The van der Waals surface area contributed by atoms with Crippen molar-refractivity contribution in [2.45, 2.75) is 20.3 Å². The molecule has 12 heavy (non-hydrogen) atoms. The summed E-state index contributed by atoms with van der Waals surface area (Å²) in [5.41, 5.74) is 6.63. The van der Waals surface area contributed by atoms with Gasteiger partial charge < -0.3 is 5.73 Å². The summed E-state index contributed by atoms with van der Waals surface area (Å²) in [6, 6.07) is 0. The van der Waals surface area contributed by atoms with Gasteiger partial charge in [-0.1, -0.05) is 26.0 Å². The van der Waals surface area contributed by atoms with Gasteiger partial charge in [-0.05, 0) is 12.6 Å². The number of rotatable bonds is 2. The minimum absolute atomic E-state index is 0.125. The standard InChI is InChI=1S/C10H16N2/c1-10(2)5-3-9(4-7-11)12-8-6-10/h3,5-6,8H,4,7,11H2,1-2H3. The zero-order valence-electron chi connectivity index (χ0n) is 7.75. The monoisotopic (exact) mass is 164 g/mol. The van der Waals surface area contributed by atoms with E-state index in [1.807, 2.05) is 6.20 Å². The first kappa shape index (κ1) is 9.20. The van der Waals surface area contributed by atoms with Crippen LogP contribution < -0.4 is 5.73 Å². The molecule has 0 aromatic heterocycles. The molecule has 0 amide bonds. The minimum Gasteiger partial charge on any atom is -0.330 e. The summed E-state index contributed by atoms with van der Waals surface area (Å²) in [4.78, 5) is 4.28. The van der Waals surface area contributed by atoms with Crippen molar-refractivity contribution in [3.05, 3.63) is 24.4 Å². The van der Waals surface area contributed by atoms with E-state index in [4.69, 9.17) is 5.73 Å². The molecule has 0 saturated heterocycles. The molecule has 2 N–H and O–H groups in total. The van der Waals surface area contributed by atoms with Crippen molar-refractivity contribution in [2.24, 2.45) is 16.1 Å². The lowest BCUT2D eigenvalue weighted by Crippen LogP contribution is -2.06. The van der Waals surface area contributed by atoms with E-state index in [0.717, 1.165) is 12.1 Å². The van der Waals surface area contributed by atoms with Crippen LogP contribution in [0.25, 0.3) is 0 Å². The zero-order valence-corrected chi connectivity index (χ0v) is 7.75. The van der Waals surface area contributed by atoms with Gasteiger partial charge in [-0.25, -0.2) is 0 Å². The highest BCUT2D eigenvalue weighted by Gasteiger charge is 2.10. The molecule has 0 radical (unpaired) electrons. The van der Waals surface area contributed by atoms with Crippen molar-refractivity contribution in [3.63, 3.8) is 0 Å². The van der Waals surface area contributed by atoms with Crippen LogP contribution in [0.5, 0.6) is 0 Å². The van der Waals surface area contributed by atoms with Gasteiger partial charge in [0.15, 0.2) is 0 Å². The zero-order chi connectivity index (χ0) is 9.03. The SMILES string of the molecule is CC1(C)C=CN=C(CCN)C=C1. The van der Waals surface area contributed by atoms with E-state index in [0.29, 0.717) is 6.54 Å². The largest absolute Gasteiger partial charge is 0.330 e. The first-order chi connectivity index (χ1) is 5.64. The second-order valence-electron chi connectivity index (χ2n) is 3.63. The van der Waals surface area contributed by atoms with Gasteiger partial charge in [0.05, 0.1) is 0 Å². The van der Waals surface area contributed by atoms with E-state index < -0.39 is 0 Å². The van der Waals surface area contributed by atoms with Crippen LogP contribution in [0.15, 0.2) is 29.4 Å². The summed E-state index contributed by atoms with van der Waals surface area (Å²) in [5.74, 6) is 0. The molecule has 2 nitrogen and oxygen atoms in total. The Kier molecular flexibility index (Phi) is 2.82. The quantitative estimate of drug-likeness (QED) is 0.665. The molecule has 1 heterocycles. The van der Waals surface area contributed by atoms with Crippen LogP contribution in [-0.4, -0.2) is 12.3 Å². The third-order valence-corrected chi connectivity index (χ3v) is 1.85. The molecule has 1 rings (SSSR count). The molecule has 2 heteroatoms. The fourth-order valence-electron chi connectivity index (χ4n) is 1.03. The lowest BCUT2D eigenvalue weighted by atomic mass is 9.93. The fraction of sp³-hybridized carbons (Fsp3) is 0.500. The van der Waals surface area contributed by atoms with Gasteiger partial charge in [0, 0.05) is 23.7 Å². The lowest BCUT2D eigenvalue weighted by Gasteiger charge is -2.11. The molecule has 0 atom stereocenters. The Morgan fingerprint density at radius 2 is 2.17 bits per heavy atom. The first-order valence-electron chi connectivity index (χ1n) is 4.28. The Balaban J connectivity index is 2.72. The van der Waals surface area contributed by atoms with E-state index in [1.165, 1.54) is 0 Å². The van der Waals surface area contributed by atoms with Crippen molar-refractivity contribution >= 4 is 5.71 Å². The summed E-state index contributed by atoms with van der Waals surface area (Å²) in [5, 5.41) is 0. The number of hydrogen-bond donors (Lipinski definition) is 1. The molecule has 1 aliphatic heterocycles. The topological polar surface area (TPSA) is 38.4 Å². The van der Waals surface area contributed by atoms with E-state index >= 15 is 0 Å². The third kappa shape index (κ3) is 2.62. The van der Waals surface area contributed by atoms with E-state index in [2.05, 4.69) is 37.1 Å². The van der Waals surface area contributed by atoms with Gasteiger partial charge in [0.2, 0.25) is 0 Å². The summed E-state index contributed by atoms with van der Waals surface area (Å²) in [7, 11) is 0. The Bertz CT molecular complexity index is 234. The number of allylic oxidation sites excluding steroid dienone is 3. The van der Waals surface area contributed by atoms with Crippen molar-refractivity contribution in [3.8, 4) is 0 Å². The van der Waals surface area contributed by atoms with E-state index in [1.54, 1.807) is 0 Å². The molecule has 0 unspecified atom stereocenters. The van der Waals surface area contributed by atoms with Crippen molar-refractivity contribution < 1.29 is 0 Å². The smallest absolute Gasteiger partial charge is 0.0413 e. The second-order valence-corrected chi connectivity index (χ2v) is 3.63. The summed E-state index contributed by atoms with van der Waals surface area (Å²) < 4.78 is 0. The van der Waals surface area contributed by atoms with Crippen molar-refractivity contribution in [2.75, 3.05) is 6.54 Å². The van der Waals surface area contributed by atoms with E-state index in [9.17, 15) is 0 Å². The molecular formula is C10H16N2.